The van der Waals surface area contributed by atoms with Crippen LogP contribution in [-0.4, -0.2) is 9.36 Å². The molecule has 94 valence electrons. The number of nitrogen functional groups attached to an aromatic ring is 1. The Balaban J connectivity index is 1.76. The molecule has 0 atom stereocenters. The Kier molecular flexibility index (Phi) is 2.91. The standard InChI is InChI=1S/C13H16N4S/c1-8-4-5-15-6-10(8)7-16-13-11(9-2-3-9)12(14)17-18-13/h4-6,9,16H,2-3,7H2,1H3,(H2,14,17). The topological polar surface area (TPSA) is 63.8 Å². The molecule has 2 aromatic heterocycles. The third kappa shape index (κ3) is 2.18. The van der Waals surface area contributed by atoms with E-state index in [4.69, 9.17) is 5.73 Å². The number of aryl methyl sites for hydroxylation is 1. The zero-order valence-corrected chi connectivity index (χ0v) is 11.1. The van der Waals surface area contributed by atoms with E-state index in [1.165, 1.54) is 41.1 Å². The fourth-order valence-corrected chi connectivity index (χ4v) is 2.86. The molecule has 1 aliphatic carbocycles. The molecule has 1 saturated carbocycles. The third-order valence-electron chi connectivity index (χ3n) is 3.33. The van der Waals surface area contributed by atoms with E-state index >= 15 is 0 Å². The lowest BCUT2D eigenvalue weighted by atomic mass is 10.1. The van der Waals surface area contributed by atoms with Crippen molar-refractivity contribution in [3.05, 3.63) is 35.2 Å². The number of anilines is 2. The van der Waals surface area contributed by atoms with Crippen LogP contribution in [0.2, 0.25) is 0 Å². The molecule has 2 aromatic rings. The zero-order valence-electron chi connectivity index (χ0n) is 10.3. The van der Waals surface area contributed by atoms with Crippen molar-refractivity contribution in [1.82, 2.24) is 9.36 Å². The molecular formula is C13H16N4S. The van der Waals surface area contributed by atoms with Crippen LogP contribution < -0.4 is 11.1 Å². The third-order valence-corrected chi connectivity index (χ3v) is 4.16. The SMILES string of the molecule is Cc1ccncc1CNc1snc(N)c1C1CC1. The van der Waals surface area contributed by atoms with Gasteiger partial charge >= 0.3 is 0 Å². The molecule has 3 N–H and O–H groups in total. The fraction of sp³-hybridized carbons (Fsp3) is 0.385. The second-order valence-electron chi connectivity index (χ2n) is 4.74. The molecule has 4 nitrogen and oxygen atoms in total. The lowest BCUT2D eigenvalue weighted by Gasteiger charge is -2.08. The molecule has 0 unspecified atom stereocenters. The van der Waals surface area contributed by atoms with Crippen LogP contribution in [0.4, 0.5) is 10.8 Å². The molecule has 0 spiro atoms. The fourth-order valence-electron chi connectivity index (χ4n) is 2.06. The molecular weight excluding hydrogens is 244 g/mol. The Morgan fingerprint density at radius 1 is 1.50 bits per heavy atom. The van der Waals surface area contributed by atoms with Crippen molar-refractivity contribution < 1.29 is 0 Å². The van der Waals surface area contributed by atoms with Crippen LogP contribution in [0.3, 0.4) is 0 Å². The Morgan fingerprint density at radius 3 is 3.06 bits per heavy atom. The predicted molar refractivity (Wildman–Crippen MR) is 74.8 cm³/mol. The summed E-state index contributed by atoms with van der Waals surface area (Å²) in [6.07, 6.45) is 6.20. The van der Waals surface area contributed by atoms with Gasteiger partial charge in [0.1, 0.15) is 10.8 Å². The molecule has 18 heavy (non-hydrogen) atoms. The molecule has 2 heterocycles. The molecule has 0 radical (unpaired) electrons. The minimum absolute atomic E-state index is 0.626. The van der Waals surface area contributed by atoms with Crippen molar-refractivity contribution in [2.24, 2.45) is 0 Å². The van der Waals surface area contributed by atoms with Crippen LogP contribution in [0.15, 0.2) is 18.5 Å². The molecule has 3 rings (SSSR count). The van der Waals surface area contributed by atoms with Gasteiger partial charge in [-0.15, -0.1) is 0 Å². The molecule has 0 aliphatic heterocycles. The predicted octanol–water partition coefficient (Wildman–Crippen LogP) is 2.92. The van der Waals surface area contributed by atoms with Crippen molar-refractivity contribution in [3.63, 3.8) is 0 Å². The maximum atomic E-state index is 5.93. The van der Waals surface area contributed by atoms with Crippen molar-refractivity contribution in [1.29, 1.82) is 0 Å². The first-order chi connectivity index (χ1) is 8.75. The van der Waals surface area contributed by atoms with Gasteiger partial charge in [0.2, 0.25) is 0 Å². The smallest absolute Gasteiger partial charge is 0.142 e. The quantitative estimate of drug-likeness (QED) is 0.887. The molecule has 0 amide bonds. The Bertz CT molecular complexity index is 560. The normalized spacial score (nSPS) is 14.7. The summed E-state index contributed by atoms with van der Waals surface area (Å²) in [5.74, 6) is 1.33. The summed E-state index contributed by atoms with van der Waals surface area (Å²) < 4.78 is 4.25. The number of hydrogen-bond acceptors (Lipinski definition) is 5. The lowest BCUT2D eigenvalue weighted by molar-refractivity contribution is 1.07. The van der Waals surface area contributed by atoms with Gasteiger partial charge in [-0.3, -0.25) is 4.98 Å². The Morgan fingerprint density at radius 2 is 2.33 bits per heavy atom. The summed E-state index contributed by atoms with van der Waals surface area (Å²) in [5.41, 5.74) is 9.62. The van der Waals surface area contributed by atoms with E-state index in [0.29, 0.717) is 11.7 Å². The summed E-state index contributed by atoms with van der Waals surface area (Å²) >= 11 is 1.46. The number of nitrogens with two attached hydrogens (primary N) is 1. The number of pyridine rings is 1. The van der Waals surface area contributed by atoms with E-state index in [2.05, 4.69) is 21.6 Å². The first-order valence-corrected chi connectivity index (χ1v) is 6.91. The first kappa shape index (κ1) is 11.5. The van der Waals surface area contributed by atoms with Crippen LogP contribution in [0, 0.1) is 6.92 Å². The Labute approximate surface area is 110 Å². The lowest BCUT2D eigenvalue weighted by Crippen LogP contribution is -2.02. The van der Waals surface area contributed by atoms with E-state index in [1.807, 2.05) is 18.5 Å². The average molecular weight is 260 g/mol. The minimum atomic E-state index is 0.626. The minimum Gasteiger partial charge on any atom is -0.383 e. The highest BCUT2D eigenvalue weighted by Crippen LogP contribution is 2.47. The number of aromatic nitrogens is 2. The highest BCUT2D eigenvalue weighted by atomic mass is 32.1. The van der Waals surface area contributed by atoms with Crippen LogP contribution in [0.1, 0.15) is 35.4 Å². The van der Waals surface area contributed by atoms with E-state index < -0.39 is 0 Å². The number of nitrogens with one attached hydrogen (secondary N) is 1. The van der Waals surface area contributed by atoms with Crippen LogP contribution >= 0.6 is 11.5 Å². The average Bonchev–Trinajstić information content (AvgIpc) is 3.13. The number of rotatable bonds is 4. The molecule has 0 aromatic carbocycles. The van der Waals surface area contributed by atoms with E-state index in [1.54, 1.807) is 0 Å². The Hall–Kier alpha value is -1.62. The van der Waals surface area contributed by atoms with Gasteiger partial charge in [-0.2, -0.15) is 4.37 Å². The number of hydrogen-bond donors (Lipinski definition) is 2. The van der Waals surface area contributed by atoms with Gasteiger partial charge in [0.05, 0.1) is 0 Å². The van der Waals surface area contributed by atoms with Gasteiger partial charge < -0.3 is 11.1 Å². The maximum absolute atomic E-state index is 5.93. The molecule has 1 fully saturated rings. The van der Waals surface area contributed by atoms with Crippen LogP contribution in [-0.2, 0) is 6.54 Å². The number of nitrogens with zero attached hydrogens (tertiary/aromatic N) is 2. The van der Waals surface area contributed by atoms with Crippen LogP contribution in [0.5, 0.6) is 0 Å². The molecule has 5 heteroatoms. The summed E-state index contributed by atoms with van der Waals surface area (Å²) in [7, 11) is 0. The molecule has 0 saturated heterocycles. The van der Waals surface area contributed by atoms with Crippen molar-refractivity contribution in [2.75, 3.05) is 11.1 Å². The largest absolute Gasteiger partial charge is 0.383 e. The van der Waals surface area contributed by atoms with Crippen molar-refractivity contribution in [2.45, 2.75) is 32.2 Å². The highest BCUT2D eigenvalue weighted by molar-refractivity contribution is 7.10. The summed E-state index contributed by atoms with van der Waals surface area (Å²) in [6.45, 7) is 2.88. The highest BCUT2D eigenvalue weighted by Gasteiger charge is 2.30. The van der Waals surface area contributed by atoms with Gasteiger partial charge in [0.25, 0.3) is 0 Å². The summed E-state index contributed by atoms with van der Waals surface area (Å²) in [5, 5.41) is 4.57. The van der Waals surface area contributed by atoms with Gasteiger partial charge in [-0.05, 0) is 54.4 Å². The van der Waals surface area contributed by atoms with E-state index in [9.17, 15) is 0 Å². The second kappa shape index (κ2) is 4.57. The van der Waals surface area contributed by atoms with Crippen molar-refractivity contribution in [3.8, 4) is 0 Å². The molecule has 0 bridgehead atoms. The van der Waals surface area contributed by atoms with E-state index in [0.717, 1.165) is 11.5 Å². The van der Waals surface area contributed by atoms with Gasteiger partial charge in [-0.1, -0.05) is 0 Å². The van der Waals surface area contributed by atoms with Gasteiger partial charge in [-0.25, -0.2) is 0 Å². The first-order valence-electron chi connectivity index (χ1n) is 6.14. The van der Waals surface area contributed by atoms with Crippen LogP contribution in [0.25, 0.3) is 0 Å². The molecule has 1 aliphatic rings. The monoisotopic (exact) mass is 260 g/mol. The van der Waals surface area contributed by atoms with Crippen molar-refractivity contribution >= 4 is 22.4 Å². The zero-order chi connectivity index (χ0) is 12.5. The maximum Gasteiger partial charge on any atom is 0.142 e. The van der Waals surface area contributed by atoms with E-state index in [-0.39, 0.29) is 0 Å². The summed E-state index contributed by atoms with van der Waals surface area (Å²) in [4.78, 5) is 4.16. The van der Waals surface area contributed by atoms with Gasteiger partial charge in [0.15, 0.2) is 0 Å². The van der Waals surface area contributed by atoms with Gasteiger partial charge in [0, 0.05) is 24.5 Å². The second-order valence-corrected chi connectivity index (χ2v) is 5.51. The summed E-state index contributed by atoms with van der Waals surface area (Å²) in [6, 6.07) is 2.03.